The fourth-order valence-electron chi connectivity index (χ4n) is 2.98. The number of hydrogen-bond acceptors (Lipinski definition) is 7. The van der Waals surface area contributed by atoms with Crippen molar-refractivity contribution in [3.05, 3.63) is 34.4 Å². The molecule has 1 N–H and O–H groups in total. The number of sulfonamides is 1. The lowest BCUT2D eigenvalue weighted by molar-refractivity contribution is -0.384. The minimum absolute atomic E-state index is 0.0434. The molecule has 0 radical (unpaired) electrons. The minimum atomic E-state index is -3.68. The molecule has 2 heterocycles. The van der Waals surface area contributed by atoms with E-state index in [1.807, 2.05) is 4.90 Å². The smallest absolute Gasteiger partial charge is 0.269 e. The maximum Gasteiger partial charge on any atom is 0.269 e. The molecule has 0 atom stereocenters. The largest absolute Gasteiger partial charge is 0.311 e. The first-order valence-electron chi connectivity index (χ1n) is 7.51. The zero-order chi connectivity index (χ0) is 17.4. The monoisotopic (exact) mass is 351 g/mol. The van der Waals surface area contributed by atoms with Crippen LogP contribution in [0.3, 0.4) is 0 Å². The average Bonchev–Trinajstić information content (AvgIpc) is 2.55. The molecule has 24 heavy (non-hydrogen) atoms. The third kappa shape index (κ3) is 2.76. The summed E-state index contributed by atoms with van der Waals surface area (Å²) in [5.74, 6) is 0. The van der Waals surface area contributed by atoms with E-state index in [9.17, 15) is 23.8 Å². The zero-order valence-corrected chi connectivity index (χ0v) is 13.7. The van der Waals surface area contributed by atoms with Crippen molar-refractivity contribution in [1.29, 1.82) is 5.26 Å². The lowest BCUT2D eigenvalue weighted by atomic mass is 9.91. The van der Waals surface area contributed by atoms with Gasteiger partial charge in [-0.3, -0.25) is 15.0 Å². The van der Waals surface area contributed by atoms with Gasteiger partial charge in [0.05, 0.1) is 15.9 Å². The molecule has 0 saturated carbocycles. The summed E-state index contributed by atoms with van der Waals surface area (Å²) in [7, 11) is -3.68. The van der Waals surface area contributed by atoms with Crippen molar-refractivity contribution in [3.8, 4) is 6.07 Å². The minimum Gasteiger partial charge on any atom is -0.311 e. The predicted molar refractivity (Wildman–Crippen MR) is 84.6 cm³/mol. The van der Waals surface area contributed by atoms with Gasteiger partial charge in [-0.1, -0.05) is 0 Å². The Morgan fingerprint density at radius 1 is 1.17 bits per heavy atom. The molecular weight excluding hydrogens is 334 g/mol. The highest BCUT2D eigenvalue weighted by Crippen LogP contribution is 2.25. The van der Waals surface area contributed by atoms with Crippen LogP contribution in [-0.4, -0.2) is 67.4 Å². The Hall–Kier alpha value is -2.06. The first-order valence-corrected chi connectivity index (χ1v) is 8.95. The molecule has 1 aromatic carbocycles. The van der Waals surface area contributed by atoms with Gasteiger partial charge in [0.25, 0.3) is 5.69 Å². The summed E-state index contributed by atoms with van der Waals surface area (Å²) in [6, 6.07) is 7.21. The fourth-order valence-corrected chi connectivity index (χ4v) is 4.40. The molecule has 10 heteroatoms. The molecule has 2 aliphatic heterocycles. The van der Waals surface area contributed by atoms with E-state index >= 15 is 0 Å². The lowest BCUT2D eigenvalue weighted by Crippen LogP contribution is -2.71. The van der Waals surface area contributed by atoms with Crippen LogP contribution in [0.25, 0.3) is 0 Å². The fraction of sp³-hybridized carbons (Fsp3) is 0.500. The van der Waals surface area contributed by atoms with E-state index in [0.717, 1.165) is 0 Å². The van der Waals surface area contributed by atoms with Crippen LogP contribution in [0.4, 0.5) is 5.69 Å². The lowest BCUT2D eigenvalue weighted by Gasteiger charge is -2.48. The van der Waals surface area contributed by atoms with Crippen molar-refractivity contribution in [3.63, 3.8) is 0 Å². The van der Waals surface area contributed by atoms with E-state index < -0.39 is 20.5 Å². The van der Waals surface area contributed by atoms with Gasteiger partial charge in [0.2, 0.25) is 10.0 Å². The van der Waals surface area contributed by atoms with Crippen LogP contribution in [0.1, 0.15) is 0 Å². The van der Waals surface area contributed by atoms with Crippen molar-refractivity contribution in [2.75, 3.05) is 39.3 Å². The molecule has 9 nitrogen and oxygen atoms in total. The van der Waals surface area contributed by atoms with E-state index in [2.05, 4.69) is 11.4 Å². The van der Waals surface area contributed by atoms with E-state index in [-0.39, 0.29) is 10.6 Å². The Morgan fingerprint density at radius 2 is 1.75 bits per heavy atom. The summed E-state index contributed by atoms with van der Waals surface area (Å²) in [6.07, 6.45) is 0. The van der Waals surface area contributed by atoms with Crippen LogP contribution in [-0.2, 0) is 10.0 Å². The van der Waals surface area contributed by atoms with Gasteiger partial charge in [-0.15, -0.1) is 0 Å². The summed E-state index contributed by atoms with van der Waals surface area (Å²) in [4.78, 5) is 12.2. The summed E-state index contributed by atoms with van der Waals surface area (Å²) in [5, 5.41) is 23.1. The highest BCUT2D eigenvalue weighted by molar-refractivity contribution is 7.89. The summed E-state index contributed by atoms with van der Waals surface area (Å²) in [6.45, 7) is 2.76. The van der Waals surface area contributed by atoms with Crippen LogP contribution in [0.5, 0.6) is 0 Å². The van der Waals surface area contributed by atoms with Gasteiger partial charge in [0.1, 0.15) is 5.54 Å². The standard InChI is InChI=1S/C14H17N5O4S/c15-9-14(10-16-11-14)17-5-7-18(8-6-17)24(22,23)13-3-1-12(2-4-13)19(20)21/h1-4,16H,5-8,10-11H2. The first-order chi connectivity index (χ1) is 11.4. The first kappa shape index (κ1) is 16.8. The molecule has 0 spiro atoms. The summed E-state index contributed by atoms with van der Waals surface area (Å²) >= 11 is 0. The van der Waals surface area contributed by atoms with Crippen LogP contribution < -0.4 is 5.32 Å². The van der Waals surface area contributed by atoms with E-state index in [4.69, 9.17) is 0 Å². The zero-order valence-electron chi connectivity index (χ0n) is 12.9. The molecular formula is C14H17N5O4S. The highest BCUT2D eigenvalue weighted by Gasteiger charge is 2.45. The van der Waals surface area contributed by atoms with Crippen LogP contribution >= 0.6 is 0 Å². The highest BCUT2D eigenvalue weighted by atomic mass is 32.2. The Labute approximate surface area is 139 Å². The number of nitriles is 1. The molecule has 2 fully saturated rings. The maximum atomic E-state index is 12.6. The number of non-ortho nitro benzene ring substituents is 1. The Balaban J connectivity index is 1.71. The molecule has 0 unspecified atom stereocenters. The molecule has 128 valence electrons. The molecule has 3 rings (SSSR count). The second-order valence-electron chi connectivity index (χ2n) is 5.89. The number of nitro benzene ring substituents is 1. The van der Waals surface area contributed by atoms with Crippen LogP contribution in [0, 0.1) is 21.4 Å². The molecule has 0 aliphatic carbocycles. The van der Waals surface area contributed by atoms with Gasteiger partial charge in [0.15, 0.2) is 0 Å². The third-order valence-corrected chi connectivity index (χ3v) is 6.49. The molecule has 2 saturated heterocycles. The normalized spacial score (nSPS) is 21.6. The maximum absolute atomic E-state index is 12.6. The number of nitrogens with zero attached hydrogens (tertiary/aromatic N) is 4. The Bertz CT molecular complexity index is 774. The van der Waals surface area contributed by atoms with Gasteiger partial charge in [-0.05, 0) is 12.1 Å². The number of nitrogens with one attached hydrogen (secondary N) is 1. The van der Waals surface area contributed by atoms with Gasteiger partial charge < -0.3 is 5.32 Å². The van der Waals surface area contributed by atoms with Crippen molar-refractivity contribution in [2.24, 2.45) is 0 Å². The van der Waals surface area contributed by atoms with Crippen LogP contribution in [0.2, 0.25) is 0 Å². The van der Waals surface area contributed by atoms with Crippen molar-refractivity contribution in [1.82, 2.24) is 14.5 Å². The Kier molecular flexibility index (Phi) is 4.27. The molecule has 0 aromatic heterocycles. The number of benzene rings is 1. The molecule has 1 aromatic rings. The van der Waals surface area contributed by atoms with Crippen LogP contribution in [0.15, 0.2) is 29.2 Å². The van der Waals surface area contributed by atoms with E-state index in [0.29, 0.717) is 39.3 Å². The number of rotatable bonds is 4. The quantitative estimate of drug-likeness (QED) is 0.587. The third-order valence-electron chi connectivity index (χ3n) is 4.57. The second kappa shape index (κ2) is 6.10. The van der Waals surface area contributed by atoms with Gasteiger partial charge in [-0.25, -0.2) is 8.42 Å². The van der Waals surface area contributed by atoms with Crippen molar-refractivity contribution in [2.45, 2.75) is 10.4 Å². The van der Waals surface area contributed by atoms with E-state index in [1.165, 1.54) is 28.6 Å². The van der Waals surface area contributed by atoms with Crippen molar-refractivity contribution >= 4 is 15.7 Å². The SMILES string of the molecule is N#CC1(N2CCN(S(=O)(=O)c3ccc([N+](=O)[O-])cc3)CC2)CNC1. The molecule has 0 amide bonds. The van der Waals surface area contributed by atoms with Crippen molar-refractivity contribution < 1.29 is 13.3 Å². The van der Waals surface area contributed by atoms with E-state index in [1.54, 1.807) is 0 Å². The summed E-state index contributed by atoms with van der Waals surface area (Å²) < 4.78 is 26.6. The number of hydrogen-bond donors (Lipinski definition) is 1. The Morgan fingerprint density at radius 3 is 2.17 bits per heavy atom. The summed E-state index contributed by atoms with van der Waals surface area (Å²) in [5.41, 5.74) is -0.671. The van der Waals surface area contributed by atoms with Gasteiger partial charge in [0, 0.05) is 51.4 Å². The molecule has 2 aliphatic rings. The second-order valence-corrected chi connectivity index (χ2v) is 7.83. The van der Waals surface area contributed by atoms with Gasteiger partial charge >= 0.3 is 0 Å². The number of piperazine rings is 1. The predicted octanol–water partition coefficient (Wildman–Crippen LogP) is -0.233. The van der Waals surface area contributed by atoms with Gasteiger partial charge in [-0.2, -0.15) is 9.57 Å². The topological polar surface area (TPSA) is 120 Å². The number of nitro groups is 1. The average molecular weight is 351 g/mol. The molecule has 0 bridgehead atoms.